The van der Waals surface area contributed by atoms with Crippen molar-refractivity contribution in [3.8, 4) is 0 Å². The summed E-state index contributed by atoms with van der Waals surface area (Å²) in [5.74, 6) is -0.541. The van der Waals surface area contributed by atoms with Crippen LogP contribution in [0.15, 0.2) is 23.1 Å². The van der Waals surface area contributed by atoms with E-state index in [2.05, 4.69) is 19.2 Å². The van der Waals surface area contributed by atoms with Crippen LogP contribution >= 0.6 is 0 Å². The summed E-state index contributed by atoms with van der Waals surface area (Å²) in [6.45, 7) is 4.67. The average Bonchev–Trinajstić information content (AvgIpc) is 2.26. The van der Waals surface area contributed by atoms with Crippen LogP contribution in [-0.4, -0.2) is 22.4 Å². The minimum absolute atomic E-state index is 0.180. The molecule has 0 spiro atoms. The molecule has 0 radical (unpaired) electrons. The molecule has 19 heavy (non-hydrogen) atoms. The predicted molar refractivity (Wildman–Crippen MR) is 74.6 cm³/mol. The maximum Gasteiger partial charge on any atom is 0.232 e. The lowest BCUT2D eigenvalue weighted by molar-refractivity contribution is -0.118. The summed E-state index contributed by atoms with van der Waals surface area (Å²) >= 11 is 0. The number of halogens is 1. The molecule has 1 aromatic carbocycles. The topological polar surface area (TPSA) is 72.2 Å². The van der Waals surface area contributed by atoms with Gasteiger partial charge in [-0.2, -0.15) is 0 Å². The Morgan fingerprint density at radius 2 is 2.11 bits per heavy atom. The lowest BCUT2D eigenvalue weighted by atomic mass is 10.1. The smallest absolute Gasteiger partial charge is 0.232 e. The van der Waals surface area contributed by atoms with Crippen LogP contribution in [0.2, 0.25) is 0 Å². The Balaban J connectivity index is 2.52. The van der Waals surface area contributed by atoms with Gasteiger partial charge in [-0.1, -0.05) is 13.8 Å². The Morgan fingerprint density at radius 1 is 1.42 bits per heavy atom. The molecule has 106 valence electrons. The van der Waals surface area contributed by atoms with Crippen LogP contribution < -0.4 is 11.1 Å². The summed E-state index contributed by atoms with van der Waals surface area (Å²) in [6.07, 6.45) is 0.866. The number of amides is 1. The molecule has 0 aliphatic carbocycles. The molecule has 0 aliphatic rings. The van der Waals surface area contributed by atoms with E-state index in [0.717, 1.165) is 18.6 Å². The fourth-order valence-electron chi connectivity index (χ4n) is 1.47. The summed E-state index contributed by atoms with van der Waals surface area (Å²) in [6, 6.07) is 3.69. The molecule has 1 unspecified atom stereocenters. The van der Waals surface area contributed by atoms with Gasteiger partial charge >= 0.3 is 0 Å². The molecular weight excluding hydrogens is 267 g/mol. The highest BCUT2D eigenvalue weighted by Crippen LogP contribution is 2.14. The quantitative estimate of drug-likeness (QED) is 0.781. The van der Waals surface area contributed by atoms with Crippen molar-refractivity contribution in [1.29, 1.82) is 0 Å². The van der Waals surface area contributed by atoms with Crippen molar-refractivity contribution < 1.29 is 13.4 Å². The van der Waals surface area contributed by atoms with Gasteiger partial charge in [0.05, 0.1) is 10.8 Å². The van der Waals surface area contributed by atoms with Crippen molar-refractivity contribution in [3.05, 3.63) is 24.0 Å². The van der Waals surface area contributed by atoms with Crippen LogP contribution in [0.25, 0.3) is 0 Å². The molecule has 0 saturated heterocycles. The van der Waals surface area contributed by atoms with E-state index in [1.165, 1.54) is 6.07 Å². The highest BCUT2D eigenvalue weighted by Gasteiger charge is 2.11. The number of nitrogens with one attached hydrogen (secondary N) is 1. The van der Waals surface area contributed by atoms with Crippen molar-refractivity contribution >= 4 is 22.4 Å². The molecule has 0 bridgehead atoms. The Kier molecular flexibility index (Phi) is 5.95. The molecule has 1 rings (SSSR count). The maximum absolute atomic E-state index is 13.1. The monoisotopic (exact) mass is 286 g/mol. The maximum atomic E-state index is 13.1. The third-order valence-corrected chi connectivity index (χ3v) is 3.75. The number of nitrogens with two attached hydrogens (primary N) is 1. The Morgan fingerprint density at radius 3 is 2.68 bits per heavy atom. The SMILES string of the molecule is CC(C)CCNC(=O)CS(=O)c1cc(N)cc(F)c1. The van der Waals surface area contributed by atoms with Gasteiger partial charge in [0.25, 0.3) is 0 Å². The lowest BCUT2D eigenvalue weighted by Gasteiger charge is -2.07. The molecule has 0 aliphatic heterocycles. The highest BCUT2D eigenvalue weighted by atomic mass is 32.2. The summed E-state index contributed by atoms with van der Waals surface area (Å²) in [4.78, 5) is 11.8. The molecule has 4 nitrogen and oxygen atoms in total. The number of carbonyl (C=O) groups is 1. The van der Waals surface area contributed by atoms with E-state index in [1.807, 2.05) is 0 Å². The van der Waals surface area contributed by atoms with E-state index < -0.39 is 16.6 Å². The van der Waals surface area contributed by atoms with Gasteiger partial charge in [0.15, 0.2) is 0 Å². The number of rotatable bonds is 6. The normalized spacial score (nSPS) is 12.4. The third kappa shape index (κ3) is 5.83. The first kappa shape index (κ1) is 15.6. The lowest BCUT2D eigenvalue weighted by Crippen LogP contribution is -2.29. The van der Waals surface area contributed by atoms with E-state index >= 15 is 0 Å². The van der Waals surface area contributed by atoms with Gasteiger partial charge < -0.3 is 11.1 Å². The zero-order chi connectivity index (χ0) is 14.4. The van der Waals surface area contributed by atoms with Gasteiger partial charge in [-0.05, 0) is 30.5 Å². The van der Waals surface area contributed by atoms with Gasteiger partial charge in [0, 0.05) is 17.1 Å². The largest absolute Gasteiger partial charge is 0.399 e. The zero-order valence-corrected chi connectivity index (χ0v) is 11.9. The van der Waals surface area contributed by atoms with Gasteiger partial charge in [-0.15, -0.1) is 0 Å². The van der Waals surface area contributed by atoms with E-state index in [1.54, 1.807) is 0 Å². The van der Waals surface area contributed by atoms with Crippen LogP contribution in [0.1, 0.15) is 20.3 Å². The van der Waals surface area contributed by atoms with Crippen molar-refractivity contribution in [3.63, 3.8) is 0 Å². The number of benzene rings is 1. The average molecular weight is 286 g/mol. The molecular formula is C13H19FN2O2S. The second kappa shape index (κ2) is 7.23. The molecule has 0 heterocycles. The van der Waals surface area contributed by atoms with Crippen LogP contribution in [0.4, 0.5) is 10.1 Å². The van der Waals surface area contributed by atoms with Gasteiger partial charge in [0.2, 0.25) is 5.91 Å². The first-order valence-corrected chi connectivity index (χ1v) is 7.41. The molecule has 0 saturated carbocycles. The standard InChI is InChI=1S/C13H19FN2O2S/c1-9(2)3-4-16-13(17)8-19(18)12-6-10(14)5-11(15)7-12/h5-7,9H,3-4,8,15H2,1-2H3,(H,16,17). The van der Waals surface area contributed by atoms with Gasteiger partial charge in [-0.25, -0.2) is 4.39 Å². The second-order valence-electron chi connectivity index (χ2n) is 4.74. The van der Waals surface area contributed by atoms with Crippen molar-refractivity contribution in [2.45, 2.75) is 25.2 Å². The molecule has 1 aromatic rings. The number of hydrogen-bond donors (Lipinski definition) is 2. The zero-order valence-electron chi connectivity index (χ0n) is 11.1. The van der Waals surface area contributed by atoms with Crippen LogP contribution in [0.3, 0.4) is 0 Å². The molecule has 0 fully saturated rings. The number of carbonyl (C=O) groups excluding carboxylic acids is 1. The Labute approximate surface area is 115 Å². The summed E-state index contributed by atoms with van der Waals surface area (Å²) in [7, 11) is -1.58. The first-order valence-electron chi connectivity index (χ1n) is 6.09. The van der Waals surface area contributed by atoms with Gasteiger partial charge in [0.1, 0.15) is 11.6 Å². The predicted octanol–water partition coefficient (Wildman–Crippen LogP) is 1.68. The van der Waals surface area contributed by atoms with Crippen LogP contribution in [-0.2, 0) is 15.6 Å². The number of anilines is 1. The molecule has 0 aromatic heterocycles. The number of nitrogen functional groups attached to an aromatic ring is 1. The molecule has 3 N–H and O–H groups in total. The molecule has 6 heteroatoms. The van der Waals surface area contributed by atoms with Crippen molar-refractivity contribution in [2.24, 2.45) is 5.92 Å². The molecule has 1 atom stereocenters. The summed E-state index contributed by atoms with van der Waals surface area (Å²) < 4.78 is 25.0. The number of hydrogen-bond acceptors (Lipinski definition) is 3. The summed E-state index contributed by atoms with van der Waals surface area (Å²) in [5.41, 5.74) is 5.66. The van der Waals surface area contributed by atoms with Gasteiger partial charge in [-0.3, -0.25) is 9.00 Å². The minimum atomic E-state index is -1.58. The van der Waals surface area contributed by atoms with E-state index in [4.69, 9.17) is 5.73 Å². The fourth-order valence-corrected chi connectivity index (χ4v) is 2.49. The Hall–Kier alpha value is -1.43. The summed E-state index contributed by atoms with van der Waals surface area (Å²) in [5, 5.41) is 2.69. The van der Waals surface area contributed by atoms with E-state index in [0.29, 0.717) is 12.5 Å². The van der Waals surface area contributed by atoms with E-state index in [-0.39, 0.29) is 22.2 Å². The van der Waals surface area contributed by atoms with Crippen molar-refractivity contribution in [1.82, 2.24) is 5.32 Å². The minimum Gasteiger partial charge on any atom is -0.399 e. The first-order chi connectivity index (χ1) is 8.88. The van der Waals surface area contributed by atoms with Crippen LogP contribution in [0, 0.1) is 11.7 Å². The highest BCUT2D eigenvalue weighted by molar-refractivity contribution is 7.85. The molecule has 1 amide bonds. The van der Waals surface area contributed by atoms with Crippen LogP contribution in [0.5, 0.6) is 0 Å². The van der Waals surface area contributed by atoms with E-state index in [9.17, 15) is 13.4 Å². The second-order valence-corrected chi connectivity index (χ2v) is 6.19. The van der Waals surface area contributed by atoms with Crippen molar-refractivity contribution in [2.75, 3.05) is 18.0 Å². The third-order valence-electron chi connectivity index (χ3n) is 2.46. The Bertz CT molecular complexity index is 457. The fraction of sp³-hybridized carbons (Fsp3) is 0.462.